The number of likely N-dealkylation sites (tertiary alicyclic amines) is 1. The van der Waals surface area contributed by atoms with E-state index in [1.165, 1.54) is 24.3 Å². The van der Waals surface area contributed by atoms with Gasteiger partial charge in [0.2, 0.25) is 0 Å². The van der Waals surface area contributed by atoms with Crippen molar-refractivity contribution in [3.05, 3.63) is 58.5 Å². The molecule has 2 aromatic rings. The summed E-state index contributed by atoms with van der Waals surface area (Å²) in [5.74, 6) is -0.906. The van der Waals surface area contributed by atoms with Crippen LogP contribution in [0, 0.1) is 0 Å². The van der Waals surface area contributed by atoms with Gasteiger partial charge < -0.3 is 24.1 Å². The zero-order chi connectivity index (χ0) is 20.4. The Morgan fingerprint density at radius 3 is 2.64 bits per heavy atom. The molecule has 0 radical (unpaired) electrons. The number of Topliss-reactive ketones (excluding diaryl/α,β-unsaturated/α-hetero) is 1. The molecule has 28 heavy (non-hydrogen) atoms. The summed E-state index contributed by atoms with van der Waals surface area (Å²) >= 11 is 6.15. The highest BCUT2D eigenvalue weighted by Crippen LogP contribution is 2.40. The average Bonchev–Trinajstić information content (AvgIpc) is 3.27. The number of amides is 1. The number of nitrogens with zero attached hydrogens (tertiary/aromatic N) is 2. The second-order valence-corrected chi connectivity index (χ2v) is 7.07. The number of likely N-dealkylation sites (N-methyl/N-ethyl adjacent to an activating group) is 1. The molecule has 1 atom stereocenters. The van der Waals surface area contributed by atoms with E-state index in [2.05, 4.69) is 0 Å². The fourth-order valence-corrected chi connectivity index (χ4v) is 3.39. The molecule has 1 amide bonds. The second kappa shape index (κ2) is 8.08. The van der Waals surface area contributed by atoms with Crippen LogP contribution in [0.2, 0.25) is 5.02 Å². The third-order valence-electron chi connectivity index (χ3n) is 4.57. The number of hydrogen-bond donors (Lipinski definition) is 1. The van der Waals surface area contributed by atoms with Crippen molar-refractivity contribution in [1.29, 1.82) is 0 Å². The maximum Gasteiger partial charge on any atom is 0.295 e. The van der Waals surface area contributed by atoms with E-state index < -0.39 is 17.7 Å². The smallest absolute Gasteiger partial charge is 0.295 e. The molecule has 0 saturated carbocycles. The van der Waals surface area contributed by atoms with Crippen LogP contribution in [0.1, 0.15) is 17.4 Å². The molecule has 1 aliphatic heterocycles. The van der Waals surface area contributed by atoms with Crippen LogP contribution in [0.15, 0.2) is 46.6 Å². The Bertz CT molecular complexity index is 921. The van der Waals surface area contributed by atoms with Crippen molar-refractivity contribution in [2.75, 3.05) is 34.3 Å². The van der Waals surface area contributed by atoms with Gasteiger partial charge in [-0.05, 0) is 44.4 Å². The van der Waals surface area contributed by atoms with E-state index in [1.54, 1.807) is 24.3 Å². The van der Waals surface area contributed by atoms with Crippen molar-refractivity contribution in [2.24, 2.45) is 0 Å². The van der Waals surface area contributed by atoms with E-state index in [1.807, 2.05) is 19.0 Å². The summed E-state index contributed by atoms with van der Waals surface area (Å²) in [4.78, 5) is 28.7. The highest BCUT2D eigenvalue weighted by molar-refractivity contribution is 6.46. The zero-order valence-corrected chi connectivity index (χ0v) is 16.6. The summed E-state index contributed by atoms with van der Waals surface area (Å²) < 4.78 is 10.6. The monoisotopic (exact) mass is 404 g/mol. The van der Waals surface area contributed by atoms with E-state index in [4.69, 9.17) is 20.8 Å². The van der Waals surface area contributed by atoms with Crippen molar-refractivity contribution in [3.63, 3.8) is 0 Å². The first kappa shape index (κ1) is 20.0. The molecule has 0 unspecified atom stereocenters. The van der Waals surface area contributed by atoms with E-state index in [-0.39, 0.29) is 16.4 Å². The van der Waals surface area contributed by atoms with Crippen LogP contribution in [0.4, 0.5) is 0 Å². The van der Waals surface area contributed by atoms with Crippen LogP contribution in [0.25, 0.3) is 5.76 Å². The number of carbonyl (C=O) groups excluding carboxylic acids is 2. The first-order chi connectivity index (χ1) is 13.3. The molecule has 148 valence electrons. The summed E-state index contributed by atoms with van der Waals surface area (Å²) in [6.07, 6.45) is 1.46. The van der Waals surface area contributed by atoms with Gasteiger partial charge in [0, 0.05) is 18.7 Å². The fraction of sp³-hybridized carbons (Fsp3) is 0.300. The van der Waals surface area contributed by atoms with E-state index >= 15 is 0 Å². The summed E-state index contributed by atoms with van der Waals surface area (Å²) in [5.41, 5.74) is 0.285. The molecule has 1 aromatic carbocycles. The van der Waals surface area contributed by atoms with Gasteiger partial charge >= 0.3 is 0 Å². The fourth-order valence-electron chi connectivity index (χ4n) is 3.13. The van der Waals surface area contributed by atoms with Gasteiger partial charge in [0.25, 0.3) is 11.7 Å². The van der Waals surface area contributed by atoms with Gasteiger partial charge in [-0.3, -0.25) is 9.59 Å². The minimum atomic E-state index is -0.809. The largest absolute Gasteiger partial charge is 0.507 e. The highest BCUT2D eigenvalue weighted by atomic mass is 35.5. The molecule has 1 aliphatic rings. The first-order valence-electron chi connectivity index (χ1n) is 8.65. The van der Waals surface area contributed by atoms with Crippen LogP contribution in [-0.2, 0) is 9.59 Å². The molecule has 1 aromatic heterocycles. The Morgan fingerprint density at radius 2 is 2.07 bits per heavy atom. The molecular formula is C20H21ClN2O5. The summed E-state index contributed by atoms with van der Waals surface area (Å²) in [6.45, 7) is 0.863. The van der Waals surface area contributed by atoms with Crippen molar-refractivity contribution >= 4 is 29.1 Å². The third kappa shape index (κ3) is 3.63. The SMILES string of the molecule is COc1ccc(C(O)=C2C(=O)C(=O)N(CCN(C)C)[C@@H]2c2ccco2)cc1Cl. The normalized spacial score (nSPS) is 18.9. The number of benzene rings is 1. The topological polar surface area (TPSA) is 83.2 Å². The van der Waals surface area contributed by atoms with E-state index in [0.29, 0.717) is 30.2 Å². The molecule has 1 fully saturated rings. The van der Waals surface area contributed by atoms with Crippen molar-refractivity contribution < 1.29 is 23.8 Å². The first-order valence-corrected chi connectivity index (χ1v) is 9.03. The highest BCUT2D eigenvalue weighted by Gasteiger charge is 2.47. The van der Waals surface area contributed by atoms with Crippen LogP contribution in [-0.4, -0.2) is 60.9 Å². The number of carbonyl (C=O) groups is 2. The zero-order valence-electron chi connectivity index (χ0n) is 15.8. The summed E-state index contributed by atoms with van der Waals surface area (Å²) in [7, 11) is 5.23. The van der Waals surface area contributed by atoms with Crippen LogP contribution in [0.3, 0.4) is 0 Å². The lowest BCUT2D eigenvalue weighted by atomic mass is 9.99. The molecule has 3 rings (SSSR count). The lowest BCUT2D eigenvalue weighted by Crippen LogP contribution is -2.35. The Morgan fingerprint density at radius 1 is 1.32 bits per heavy atom. The van der Waals surface area contributed by atoms with Crippen LogP contribution in [0.5, 0.6) is 5.75 Å². The molecule has 0 spiro atoms. The lowest BCUT2D eigenvalue weighted by Gasteiger charge is -2.24. The average molecular weight is 405 g/mol. The van der Waals surface area contributed by atoms with Crippen molar-refractivity contribution in [3.8, 4) is 5.75 Å². The van der Waals surface area contributed by atoms with Crippen LogP contribution < -0.4 is 4.74 Å². The molecule has 0 aliphatic carbocycles. The third-order valence-corrected chi connectivity index (χ3v) is 4.86. The molecule has 1 N–H and O–H groups in total. The predicted molar refractivity (Wildman–Crippen MR) is 104 cm³/mol. The second-order valence-electron chi connectivity index (χ2n) is 6.66. The standard InChI is InChI=1S/C20H21ClN2O5/c1-22(2)8-9-23-17(15-5-4-10-28-15)16(19(25)20(23)26)18(24)12-6-7-14(27-3)13(21)11-12/h4-7,10-11,17,24H,8-9H2,1-3H3/t17-/m1/s1. The molecule has 2 heterocycles. The molecule has 1 saturated heterocycles. The maximum absolute atomic E-state index is 12.8. The number of ketones is 1. The number of ether oxygens (including phenoxy) is 1. The number of methoxy groups -OCH3 is 1. The molecular weight excluding hydrogens is 384 g/mol. The van der Waals surface area contributed by atoms with E-state index in [0.717, 1.165) is 0 Å². The molecule has 7 nitrogen and oxygen atoms in total. The number of rotatable bonds is 6. The van der Waals surface area contributed by atoms with Crippen molar-refractivity contribution in [2.45, 2.75) is 6.04 Å². The van der Waals surface area contributed by atoms with Gasteiger partial charge in [0.15, 0.2) is 0 Å². The number of halogens is 1. The molecule has 8 heteroatoms. The van der Waals surface area contributed by atoms with Gasteiger partial charge in [-0.1, -0.05) is 11.6 Å². The number of aliphatic hydroxyl groups excluding tert-OH is 1. The maximum atomic E-state index is 12.8. The lowest BCUT2D eigenvalue weighted by molar-refractivity contribution is -0.140. The molecule has 0 bridgehead atoms. The van der Waals surface area contributed by atoms with Crippen molar-refractivity contribution in [1.82, 2.24) is 9.80 Å². The predicted octanol–water partition coefficient (Wildman–Crippen LogP) is 2.92. The van der Waals surface area contributed by atoms with Gasteiger partial charge in [0.05, 0.1) is 24.0 Å². The number of aliphatic hydroxyl groups is 1. The number of hydrogen-bond acceptors (Lipinski definition) is 6. The Kier molecular flexibility index (Phi) is 5.76. The minimum Gasteiger partial charge on any atom is -0.507 e. The quantitative estimate of drug-likeness (QED) is 0.453. The summed E-state index contributed by atoms with van der Waals surface area (Å²) in [5, 5.41) is 11.2. The number of furan rings is 1. The van der Waals surface area contributed by atoms with Gasteiger partial charge in [-0.25, -0.2) is 0 Å². The summed E-state index contributed by atoms with van der Waals surface area (Å²) in [6, 6.07) is 7.19. The van der Waals surface area contributed by atoms with Crippen LogP contribution >= 0.6 is 11.6 Å². The van der Waals surface area contributed by atoms with Gasteiger partial charge in [-0.2, -0.15) is 0 Å². The Hall–Kier alpha value is -2.77. The van der Waals surface area contributed by atoms with Gasteiger partial charge in [-0.15, -0.1) is 0 Å². The van der Waals surface area contributed by atoms with E-state index in [9.17, 15) is 14.7 Å². The Balaban J connectivity index is 2.10. The minimum absolute atomic E-state index is 0.0278. The van der Waals surface area contributed by atoms with Gasteiger partial charge in [0.1, 0.15) is 23.3 Å². The Labute approximate surface area is 167 Å².